The number of imide groups is 2. The fourth-order valence-corrected chi connectivity index (χ4v) is 9.10. The predicted octanol–water partition coefficient (Wildman–Crippen LogP) is 5.10. The van der Waals surface area contributed by atoms with Crippen molar-refractivity contribution in [3.8, 4) is 17.0 Å². The molecule has 0 bridgehead atoms. The Morgan fingerprint density at radius 2 is 1.66 bits per heavy atom. The van der Waals surface area contributed by atoms with Crippen LogP contribution in [0.1, 0.15) is 101 Å². The van der Waals surface area contributed by atoms with E-state index in [0.29, 0.717) is 36.6 Å². The molecule has 6 aromatic rings. The van der Waals surface area contributed by atoms with E-state index >= 15 is 0 Å². The molecule has 1 fully saturated rings. The lowest BCUT2D eigenvalue weighted by atomic mass is 9.77. The van der Waals surface area contributed by atoms with Crippen molar-refractivity contribution in [1.29, 1.82) is 0 Å². The zero-order chi connectivity index (χ0) is 56.5. The van der Waals surface area contributed by atoms with Gasteiger partial charge in [0.1, 0.15) is 30.6 Å². The highest BCUT2D eigenvalue weighted by atomic mass is 16.5. The highest BCUT2D eigenvalue weighted by molar-refractivity contribution is 6.25. The highest BCUT2D eigenvalue weighted by Gasteiger charge is 2.46. The zero-order valence-corrected chi connectivity index (χ0v) is 43.3. The van der Waals surface area contributed by atoms with Crippen molar-refractivity contribution in [2.24, 2.45) is 5.41 Å². The van der Waals surface area contributed by atoms with Crippen molar-refractivity contribution in [2.45, 2.75) is 84.4 Å². The second-order valence-electron chi connectivity index (χ2n) is 19.3. The fraction of sp³-hybridized carbons (Fsp3) is 0.268. The van der Waals surface area contributed by atoms with E-state index in [1.165, 1.54) is 41.2 Å². The highest BCUT2D eigenvalue weighted by Crippen LogP contribution is 2.36. The van der Waals surface area contributed by atoms with Gasteiger partial charge in [0.2, 0.25) is 23.7 Å². The van der Waals surface area contributed by atoms with E-state index in [-0.39, 0.29) is 97.1 Å². The summed E-state index contributed by atoms with van der Waals surface area (Å²) in [6.07, 6.45) is 9.09. The number of fused-ring (bicyclic) bond motifs is 1. The molecule has 0 saturated carbocycles. The van der Waals surface area contributed by atoms with Gasteiger partial charge in [0.15, 0.2) is 5.78 Å². The number of ketones is 1. The van der Waals surface area contributed by atoms with E-state index in [1.807, 2.05) is 19.1 Å². The van der Waals surface area contributed by atoms with Crippen molar-refractivity contribution in [2.75, 3.05) is 22.5 Å². The predicted molar refractivity (Wildman–Crippen MR) is 283 cm³/mol. The summed E-state index contributed by atoms with van der Waals surface area (Å²) in [5, 5.41) is 21.6. The van der Waals surface area contributed by atoms with E-state index in [0.717, 1.165) is 21.7 Å². The molecule has 24 heteroatoms. The van der Waals surface area contributed by atoms with Gasteiger partial charge in [-0.15, -0.1) is 5.10 Å². The Labute approximate surface area is 456 Å². The third kappa shape index (κ3) is 12.8. The minimum Gasteiger partial charge on any atom is -0.458 e. The van der Waals surface area contributed by atoms with E-state index < -0.39 is 64.6 Å². The molecule has 408 valence electrons. The Balaban J connectivity index is 0.690. The maximum absolute atomic E-state index is 13.5. The molecule has 0 radical (unpaired) electrons. The number of unbranched alkanes of at least 4 members (excludes halogenated alkanes) is 2. The Hall–Kier alpha value is -10.1. The van der Waals surface area contributed by atoms with Crippen LogP contribution in [0.15, 0.2) is 115 Å². The van der Waals surface area contributed by atoms with Crippen LogP contribution in [0.4, 0.5) is 23.0 Å². The number of piperidine rings is 1. The molecule has 7 amide bonds. The Bertz CT molecular complexity index is 3530. The SMILES string of the molecule is Cc1cc(NC(=O)c2cccc(NC(=O)C3=C[C@](C)(C(=O)OCc4cn(CC(=O)NCCCCCC(=O)Oc5cccc6c5C(=O)N(C5CCC(=O)NC5=O)C6=O)nn4)CCC3=O)c2)ccc1Nc1nccc(-c2cccnc2)n1. The molecule has 2 aliphatic heterocycles. The molecule has 2 atom stereocenters. The number of esters is 2. The van der Waals surface area contributed by atoms with E-state index in [4.69, 9.17) is 9.47 Å². The second-order valence-corrected chi connectivity index (χ2v) is 19.3. The molecular weight excluding hydrogens is 1030 g/mol. The Morgan fingerprint density at radius 1 is 0.850 bits per heavy atom. The molecule has 80 heavy (non-hydrogen) atoms. The van der Waals surface area contributed by atoms with Crippen molar-refractivity contribution in [3.63, 3.8) is 0 Å². The standard InChI is InChI=1S/C56H52N12O12/c1-32-25-36(15-16-40(32)62-55-59-24-20-41(63-55)34-10-8-22-57-28-34)60-49(73)33-9-6-11-35(26-33)61-50(74)39-27-56(2,21-19-43(39)69)54(78)79-31-37-29-67(66-65-37)30-46(71)58-23-5-3-4-14-47(72)80-44-13-7-12-38-48(44)53(77)68(52(38)76)42-17-18-45(70)64-51(42)75/h6-13,15-16,20,22,24-29,42H,3-5,14,17-19,21,23,30-31H2,1-2H3,(H,58,71)(H,60,73)(H,61,74)(H,59,62,63)(H,64,70,75)/t42?,56-/m1/s1. The van der Waals surface area contributed by atoms with Crippen LogP contribution in [-0.2, 0) is 51.5 Å². The number of benzene rings is 3. The quantitative estimate of drug-likeness (QED) is 0.0218. The average molecular weight is 1090 g/mol. The number of nitrogens with one attached hydrogen (secondary N) is 5. The lowest BCUT2D eigenvalue weighted by Crippen LogP contribution is -2.54. The molecule has 24 nitrogen and oxygen atoms in total. The number of Topliss-reactive ketones (excluding diaryl/α,β-unsaturated/α-hetero) is 1. The van der Waals surface area contributed by atoms with Crippen LogP contribution in [0.5, 0.6) is 5.75 Å². The molecule has 3 aromatic heterocycles. The minimum absolute atomic E-state index is 0.0137. The zero-order valence-electron chi connectivity index (χ0n) is 43.3. The first-order chi connectivity index (χ1) is 38.5. The van der Waals surface area contributed by atoms with Gasteiger partial charge in [-0.3, -0.25) is 63.1 Å². The maximum Gasteiger partial charge on any atom is 0.316 e. The minimum atomic E-state index is -1.36. The van der Waals surface area contributed by atoms with Gasteiger partial charge in [-0.2, -0.15) is 0 Å². The fourth-order valence-electron chi connectivity index (χ4n) is 9.10. The maximum atomic E-state index is 13.5. The monoisotopic (exact) mass is 1080 g/mol. The van der Waals surface area contributed by atoms with Gasteiger partial charge in [0, 0.05) is 72.6 Å². The topological polar surface area (TPSA) is 322 Å². The summed E-state index contributed by atoms with van der Waals surface area (Å²) < 4.78 is 12.3. The number of aromatic nitrogens is 6. The van der Waals surface area contributed by atoms with Crippen LogP contribution in [-0.4, -0.2) is 107 Å². The van der Waals surface area contributed by atoms with E-state index in [9.17, 15) is 47.9 Å². The lowest BCUT2D eigenvalue weighted by molar-refractivity contribution is -0.154. The van der Waals surface area contributed by atoms with Gasteiger partial charge >= 0.3 is 11.9 Å². The van der Waals surface area contributed by atoms with Crippen molar-refractivity contribution in [3.05, 3.63) is 143 Å². The summed E-state index contributed by atoms with van der Waals surface area (Å²) in [5.41, 5.74) is 2.55. The lowest BCUT2D eigenvalue weighted by Gasteiger charge is -2.28. The molecule has 5 N–H and O–H groups in total. The van der Waals surface area contributed by atoms with Gasteiger partial charge in [0.05, 0.1) is 34.0 Å². The molecule has 1 aliphatic carbocycles. The first-order valence-corrected chi connectivity index (χ1v) is 25.5. The summed E-state index contributed by atoms with van der Waals surface area (Å²) in [5.74, 6) is -5.93. The van der Waals surface area contributed by atoms with Crippen LogP contribution >= 0.6 is 0 Å². The largest absolute Gasteiger partial charge is 0.458 e. The van der Waals surface area contributed by atoms with Gasteiger partial charge in [-0.1, -0.05) is 29.8 Å². The summed E-state index contributed by atoms with van der Waals surface area (Å²) in [4.78, 5) is 143. The molecule has 3 aliphatic rings. The number of amides is 7. The molecule has 0 spiro atoms. The Morgan fingerprint density at radius 3 is 2.46 bits per heavy atom. The van der Waals surface area contributed by atoms with E-state index in [2.05, 4.69) is 51.8 Å². The molecule has 1 saturated heterocycles. The van der Waals surface area contributed by atoms with Crippen molar-refractivity contribution in [1.82, 2.24) is 45.5 Å². The first-order valence-electron chi connectivity index (χ1n) is 25.5. The summed E-state index contributed by atoms with van der Waals surface area (Å²) in [7, 11) is 0. The molecular formula is C56H52N12O12. The number of ether oxygens (including phenoxy) is 2. The number of anilines is 4. The molecule has 3 aromatic carbocycles. The number of carbonyl (C=O) groups is 10. The number of nitrogens with zero attached hydrogens (tertiary/aromatic N) is 7. The van der Waals surface area contributed by atoms with E-state index in [1.54, 1.807) is 68.0 Å². The summed E-state index contributed by atoms with van der Waals surface area (Å²) in [6.45, 7) is 3.19. The number of carbonyl (C=O) groups excluding carboxylic acids is 10. The number of pyridine rings is 1. The average Bonchev–Trinajstić information content (AvgIpc) is 4.01. The first kappa shape index (κ1) is 54.7. The second kappa shape index (κ2) is 24.0. The third-order valence-corrected chi connectivity index (χ3v) is 13.3. The number of hydrogen-bond acceptors (Lipinski definition) is 18. The molecule has 9 rings (SSSR count). The molecule has 1 unspecified atom stereocenters. The van der Waals surface area contributed by atoms with Crippen molar-refractivity contribution < 1.29 is 57.4 Å². The smallest absolute Gasteiger partial charge is 0.316 e. The van der Waals surface area contributed by atoms with Gasteiger partial charge < -0.3 is 30.7 Å². The van der Waals surface area contributed by atoms with Crippen molar-refractivity contribution >= 4 is 82.1 Å². The van der Waals surface area contributed by atoms with Crippen LogP contribution in [0, 0.1) is 12.3 Å². The number of rotatable bonds is 20. The number of aryl methyl sites for hydroxylation is 1. The van der Waals surface area contributed by atoms with Gasteiger partial charge in [0.25, 0.3) is 23.6 Å². The van der Waals surface area contributed by atoms with Crippen LogP contribution in [0.3, 0.4) is 0 Å². The number of hydrogen-bond donors (Lipinski definition) is 5. The Kier molecular flexibility index (Phi) is 16.4. The molecule has 5 heterocycles. The van der Waals surface area contributed by atoms with Crippen LogP contribution in [0.25, 0.3) is 11.3 Å². The van der Waals surface area contributed by atoms with Gasteiger partial charge in [-0.25, -0.2) is 14.6 Å². The summed E-state index contributed by atoms with van der Waals surface area (Å²) in [6, 6.07) is 20.1. The summed E-state index contributed by atoms with van der Waals surface area (Å²) >= 11 is 0. The van der Waals surface area contributed by atoms with Crippen LogP contribution < -0.4 is 31.3 Å². The van der Waals surface area contributed by atoms with Crippen LogP contribution in [0.2, 0.25) is 0 Å². The third-order valence-electron chi connectivity index (χ3n) is 13.3. The normalized spacial score (nSPS) is 16.7. The van der Waals surface area contributed by atoms with Gasteiger partial charge in [-0.05, 0) is 112 Å².